The first kappa shape index (κ1) is 13.3. The summed E-state index contributed by atoms with van der Waals surface area (Å²) < 4.78 is 25.4. The molecule has 1 aliphatic rings. The molecule has 0 saturated carbocycles. The van der Waals surface area contributed by atoms with Crippen molar-refractivity contribution in [2.45, 2.75) is 32.6 Å². The van der Waals surface area contributed by atoms with Gasteiger partial charge >= 0.3 is 0 Å². The van der Waals surface area contributed by atoms with E-state index in [0.29, 0.717) is 30.6 Å². The Morgan fingerprint density at radius 3 is 2.80 bits per heavy atom. The van der Waals surface area contributed by atoms with Gasteiger partial charge in [-0.1, -0.05) is 13.3 Å². The van der Waals surface area contributed by atoms with Gasteiger partial charge in [-0.3, -0.25) is 0 Å². The monoisotopic (exact) mass is 253 g/mol. The van der Waals surface area contributed by atoms with Crippen LogP contribution in [-0.2, 0) is 10.0 Å². The number of rotatable bonds is 5. The van der Waals surface area contributed by atoms with Crippen LogP contribution in [0.1, 0.15) is 32.6 Å². The summed E-state index contributed by atoms with van der Waals surface area (Å²) in [7, 11) is -3.01. The molecule has 0 radical (unpaired) electrons. The van der Waals surface area contributed by atoms with Gasteiger partial charge in [0.15, 0.2) is 0 Å². The maximum absolute atomic E-state index is 11.9. The lowest BCUT2D eigenvalue weighted by molar-refractivity contribution is 0.283. The third-order valence-corrected chi connectivity index (χ3v) is 5.21. The third kappa shape index (κ3) is 3.93. The van der Waals surface area contributed by atoms with Gasteiger partial charge in [-0.2, -0.15) is 0 Å². The van der Waals surface area contributed by atoms with Crippen LogP contribution in [0.25, 0.3) is 0 Å². The van der Waals surface area contributed by atoms with E-state index in [1.54, 1.807) is 4.31 Å². The average molecular weight is 254 g/mol. The van der Waals surface area contributed by atoms with Crippen LogP contribution < -0.4 is 0 Å². The smallest absolute Gasteiger partial charge is 0.212 e. The molecule has 1 fully saturated rings. The maximum Gasteiger partial charge on any atom is 0.214 e. The fourth-order valence-corrected chi connectivity index (χ4v) is 3.87. The summed E-state index contributed by atoms with van der Waals surface area (Å²) in [5.41, 5.74) is 0. The Bertz CT molecular complexity index is 279. The van der Waals surface area contributed by atoms with E-state index < -0.39 is 10.0 Å². The largest absolute Gasteiger partial charge is 0.214 e. The first-order chi connectivity index (χ1) is 7.10. The average Bonchev–Trinajstić information content (AvgIpc) is 2.26. The highest BCUT2D eigenvalue weighted by molar-refractivity contribution is 7.89. The van der Waals surface area contributed by atoms with Gasteiger partial charge < -0.3 is 0 Å². The number of halogens is 1. The molecule has 0 spiro atoms. The van der Waals surface area contributed by atoms with Crippen molar-refractivity contribution in [1.82, 2.24) is 4.31 Å². The Kier molecular flexibility index (Phi) is 5.36. The molecule has 0 aromatic heterocycles. The summed E-state index contributed by atoms with van der Waals surface area (Å²) in [5, 5.41) is 0. The SMILES string of the molecule is CCCCS(=O)(=O)N1CCCC(CCl)C1. The molecule has 1 rings (SSSR count). The first-order valence-electron chi connectivity index (χ1n) is 5.64. The van der Waals surface area contributed by atoms with Crippen LogP contribution in [0.2, 0.25) is 0 Å². The van der Waals surface area contributed by atoms with Crippen molar-refractivity contribution >= 4 is 21.6 Å². The van der Waals surface area contributed by atoms with Crippen LogP contribution in [0.3, 0.4) is 0 Å². The van der Waals surface area contributed by atoms with E-state index in [-0.39, 0.29) is 0 Å². The van der Waals surface area contributed by atoms with Crippen molar-refractivity contribution in [3.8, 4) is 0 Å². The molecule has 0 bridgehead atoms. The Balaban J connectivity index is 2.54. The molecule has 0 aromatic carbocycles. The van der Waals surface area contributed by atoms with E-state index >= 15 is 0 Å². The summed E-state index contributed by atoms with van der Waals surface area (Å²) in [4.78, 5) is 0. The number of piperidine rings is 1. The molecule has 5 heteroatoms. The van der Waals surface area contributed by atoms with E-state index in [2.05, 4.69) is 0 Å². The van der Waals surface area contributed by atoms with E-state index in [4.69, 9.17) is 11.6 Å². The van der Waals surface area contributed by atoms with Crippen molar-refractivity contribution in [1.29, 1.82) is 0 Å². The van der Waals surface area contributed by atoms with Gasteiger partial charge in [0.1, 0.15) is 0 Å². The first-order valence-corrected chi connectivity index (χ1v) is 7.78. The van der Waals surface area contributed by atoms with E-state index in [1.807, 2.05) is 6.92 Å². The van der Waals surface area contributed by atoms with E-state index in [0.717, 1.165) is 25.7 Å². The second kappa shape index (κ2) is 6.06. The van der Waals surface area contributed by atoms with Crippen molar-refractivity contribution in [3.63, 3.8) is 0 Å². The molecule has 90 valence electrons. The van der Waals surface area contributed by atoms with Crippen LogP contribution >= 0.6 is 11.6 Å². The highest BCUT2D eigenvalue weighted by Gasteiger charge is 2.27. The Labute approximate surface area is 97.8 Å². The van der Waals surface area contributed by atoms with Crippen LogP contribution in [0.15, 0.2) is 0 Å². The quantitative estimate of drug-likeness (QED) is 0.704. The van der Waals surface area contributed by atoms with Gasteiger partial charge in [0.05, 0.1) is 5.75 Å². The second-order valence-corrected chi connectivity index (χ2v) is 6.59. The summed E-state index contributed by atoms with van der Waals surface area (Å²) in [6.07, 6.45) is 3.68. The molecule has 0 aliphatic carbocycles. The van der Waals surface area contributed by atoms with E-state index in [9.17, 15) is 8.42 Å². The van der Waals surface area contributed by atoms with Gasteiger partial charge in [-0.05, 0) is 25.2 Å². The summed E-state index contributed by atoms with van der Waals surface area (Å²) in [5.74, 6) is 1.20. The topological polar surface area (TPSA) is 37.4 Å². The summed E-state index contributed by atoms with van der Waals surface area (Å²) >= 11 is 5.78. The van der Waals surface area contributed by atoms with Crippen LogP contribution in [0.5, 0.6) is 0 Å². The second-order valence-electron chi connectivity index (χ2n) is 4.19. The molecular formula is C10H20ClNO2S. The summed E-state index contributed by atoms with van der Waals surface area (Å²) in [6, 6.07) is 0. The van der Waals surface area contributed by atoms with Gasteiger partial charge in [0.2, 0.25) is 10.0 Å². The minimum atomic E-state index is -3.01. The zero-order valence-corrected chi connectivity index (χ0v) is 10.9. The van der Waals surface area contributed by atoms with Gasteiger partial charge in [0, 0.05) is 19.0 Å². The molecule has 1 unspecified atom stereocenters. The normalized spacial score (nSPS) is 24.3. The van der Waals surface area contributed by atoms with Crippen molar-refractivity contribution in [2.75, 3.05) is 24.7 Å². The Morgan fingerprint density at radius 1 is 1.47 bits per heavy atom. The number of sulfonamides is 1. The molecule has 1 saturated heterocycles. The molecular weight excluding hydrogens is 234 g/mol. The minimum Gasteiger partial charge on any atom is -0.212 e. The highest BCUT2D eigenvalue weighted by atomic mass is 35.5. The van der Waals surface area contributed by atoms with Crippen molar-refractivity contribution < 1.29 is 8.42 Å². The molecule has 1 aliphatic heterocycles. The molecule has 0 amide bonds. The van der Waals surface area contributed by atoms with E-state index in [1.165, 1.54) is 0 Å². The minimum absolute atomic E-state index is 0.290. The van der Waals surface area contributed by atoms with Gasteiger partial charge in [0.25, 0.3) is 0 Å². The maximum atomic E-state index is 11.9. The molecule has 3 nitrogen and oxygen atoms in total. The van der Waals surface area contributed by atoms with Crippen LogP contribution in [-0.4, -0.2) is 37.4 Å². The number of alkyl halides is 1. The molecule has 1 heterocycles. The third-order valence-electron chi connectivity index (χ3n) is 2.85. The Hall–Kier alpha value is 0.200. The molecule has 0 aromatic rings. The van der Waals surface area contributed by atoms with Crippen molar-refractivity contribution in [3.05, 3.63) is 0 Å². The fraction of sp³-hybridized carbons (Fsp3) is 1.00. The lowest BCUT2D eigenvalue weighted by Gasteiger charge is -2.30. The van der Waals surface area contributed by atoms with Gasteiger partial charge in [-0.25, -0.2) is 12.7 Å². The van der Waals surface area contributed by atoms with Gasteiger partial charge in [-0.15, -0.1) is 11.6 Å². The highest BCUT2D eigenvalue weighted by Crippen LogP contribution is 2.20. The predicted octanol–water partition coefficient (Wildman–Crippen LogP) is 2.07. The lowest BCUT2D eigenvalue weighted by Crippen LogP contribution is -2.41. The van der Waals surface area contributed by atoms with Crippen LogP contribution in [0, 0.1) is 5.92 Å². The van der Waals surface area contributed by atoms with Crippen molar-refractivity contribution in [2.24, 2.45) is 5.92 Å². The molecule has 0 N–H and O–H groups in total. The zero-order valence-electron chi connectivity index (χ0n) is 9.28. The fourth-order valence-electron chi connectivity index (χ4n) is 1.86. The summed E-state index contributed by atoms with van der Waals surface area (Å²) in [6.45, 7) is 3.31. The molecule has 1 atom stereocenters. The number of hydrogen-bond donors (Lipinski definition) is 0. The lowest BCUT2D eigenvalue weighted by atomic mass is 10.0. The number of nitrogens with zero attached hydrogens (tertiary/aromatic N) is 1. The predicted molar refractivity (Wildman–Crippen MR) is 63.7 cm³/mol. The molecule has 15 heavy (non-hydrogen) atoms. The Morgan fingerprint density at radius 2 is 2.20 bits per heavy atom. The standard InChI is InChI=1S/C10H20ClNO2S/c1-2-3-7-15(13,14)12-6-4-5-10(8-11)9-12/h10H,2-9H2,1H3. The number of hydrogen-bond acceptors (Lipinski definition) is 2. The van der Waals surface area contributed by atoms with Crippen LogP contribution in [0.4, 0.5) is 0 Å². The zero-order chi connectivity index (χ0) is 11.3. The number of unbranched alkanes of at least 4 members (excludes halogenated alkanes) is 1.